The number of nitrogens with zero attached hydrogens (tertiary/aromatic N) is 4. The van der Waals surface area contributed by atoms with E-state index in [4.69, 9.17) is 0 Å². The summed E-state index contributed by atoms with van der Waals surface area (Å²) in [5.74, 6) is 1.10. The van der Waals surface area contributed by atoms with Crippen LogP contribution in [0.3, 0.4) is 0 Å². The molecular formula is C8H14N4S. The van der Waals surface area contributed by atoms with Crippen molar-refractivity contribution in [3.05, 3.63) is 5.82 Å². The average Bonchev–Trinajstić information content (AvgIpc) is 2.39. The molecule has 1 aliphatic heterocycles. The third kappa shape index (κ3) is 1.71. The fourth-order valence-corrected chi connectivity index (χ4v) is 2.17. The topological polar surface area (TPSA) is 34.0 Å². The Balaban J connectivity index is 2.30. The standard InChI is InChI=1S/C8H14N4S/c1-11-4-3-5-12-7(6-11)9-10-8(12)13-2/h3-6H2,1-2H3. The van der Waals surface area contributed by atoms with Gasteiger partial charge in [0, 0.05) is 13.1 Å². The molecule has 5 heteroatoms. The fourth-order valence-electron chi connectivity index (χ4n) is 1.63. The van der Waals surface area contributed by atoms with E-state index in [0.717, 1.165) is 30.6 Å². The van der Waals surface area contributed by atoms with Crippen LogP contribution in [0.2, 0.25) is 0 Å². The van der Waals surface area contributed by atoms with Crippen molar-refractivity contribution in [2.24, 2.45) is 0 Å². The lowest BCUT2D eigenvalue weighted by atomic mass is 10.4. The molecule has 0 radical (unpaired) electrons. The van der Waals surface area contributed by atoms with E-state index in [1.165, 1.54) is 6.42 Å². The molecule has 0 N–H and O–H groups in total. The number of hydrogen-bond donors (Lipinski definition) is 0. The van der Waals surface area contributed by atoms with Crippen molar-refractivity contribution in [2.75, 3.05) is 19.8 Å². The second kappa shape index (κ2) is 3.67. The predicted molar refractivity (Wildman–Crippen MR) is 52.8 cm³/mol. The molecule has 13 heavy (non-hydrogen) atoms. The molecule has 0 saturated carbocycles. The first kappa shape index (κ1) is 9.02. The molecule has 0 spiro atoms. The first-order chi connectivity index (χ1) is 6.31. The molecule has 0 aliphatic carbocycles. The summed E-state index contributed by atoms with van der Waals surface area (Å²) in [6.07, 6.45) is 3.24. The van der Waals surface area contributed by atoms with Crippen LogP contribution in [0.25, 0.3) is 0 Å². The lowest BCUT2D eigenvalue weighted by Gasteiger charge is -2.09. The van der Waals surface area contributed by atoms with Gasteiger partial charge in [-0.05, 0) is 19.7 Å². The minimum absolute atomic E-state index is 0.924. The van der Waals surface area contributed by atoms with E-state index in [9.17, 15) is 0 Å². The smallest absolute Gasteiger partial charge is 0.190 e. The van der Waals surface area contributed by atoms with Gasteiger partial charge in [0.1, 0.15) is 5.82 Å². The quantitative estimate of drug-likeness (QED) is 0.626. The Kier molecular flexibility index (Phi) is 2.55. The third-order valence-corrected chi connectivity index (χ3v) is 2.98. The second-order valence-corrected chi connectivity index (χ2v) is 4.12. The Morgan fingerprint density at radius 3 is 2.92 bits per heavy atom. The summed E-state index contributed by atoms with van der Waals surface area (Å²) in [6.45, 7) is 3.13. The molecular weight excluding hydrogens is 184 g/mol. The summed E-state index contributed by atoms with van der Waals surface area (Å²) in [5, 5.41) is 9.38. The van der Waals surface area contributed by atoms with Gasteiger partial charge in [0.25, 0.3) is 0 Å². The Hall–Kier alpha value is -0.550. The zero-order valence-corrected chi connectivity index (χ0v) is 8.84. The fraction of sp³-hybridized carbons (Fsp3) is 0.750. The van der Waals surface area contributed by atoms with Crippen molar-refractivity contribution >= 4 is 11.8 Å². The van der Waals surface area contributed by atoms with Crippen molar-refractivity contribution < 1.29 is 0 Å². The summed E-state index contributed by atoms with van der Waals surface area (Å²) in [7, 11) is 2.13. The lowest BCUT2D eigenvalue weighted by Crippen LogP contribution is -2.17. The molecule has 0 bridgehead atoms. The highest BCUT2D eigenvalue weighted by Crippen LogP contribution is 2.17. The molecule has 0 aromatic carbocycles. The zero-order valence-electron chi connectivity index (χ0n) is 8.03. The van der Waals surface area contributed by atoms with E-state index in [0.29, 0.717) is 0 Å². The van der Waals surface area contributed by atoms with Gasteiger partial charge in [-0.15, -0.1) is 10.2 Å². The van der Waals surface area contributed by atoms with Crippen LogP contribution in [-0.4, -0.2) is 39.5 Å². The molecule has 1 aliphatic rings. The Morgan fingerprint density at radius 1 is 1.31 bits per heavy atom. The van der Waals surface area contributed by atoms with Crippen LogP contribution < -0.4 is 0 Å². The number of fused-ring (bicyclic) bond motifs is 1. The average molecular weight is 198 g/mol. The maximum absolute atomic E-state index is 4.19. The van der Waals surface area contributed by atoms with Crippen molar-refractivity contribution in [3.8, 4) is 0 Å². The molecule has 2 heterocycles. The molecule has 0 fully saturated rings. The summed E-state index contributed by atoms with van der Waals surface area (Å²) < 4.78 is 2.23. The molecule has 0 saturated heterocycles. The molecule has 4 nitrogen and oxygen atoms in total. The highest BCUT2D eigenvalue weighted by Gasteiger charge is 2.15. The second-order valence-electron chi connectivity index (χ2n) is 3.35. The maximum Gasteiger partial charge on any atom is 0.190 e. The number of hydrogen-bond acceptors (Lipinski definition) is 4. The molecule has 0 atom stereocenters. The Morgan fingerprint density at radius 2 is 2.15 bits per heavy atom. The summed E-state index contributed by atoms with van der Waals surface area (Å²) in [5.41, 5.74) is 0. The van der Waals surface area contributed by atoms with Crippen LogP contribution in [0.4, 0.5) is 0 Å². The first-order valence-electron chi connectivity index (χ1n) is 4.46. The summed E-state index contributed by atoms with van der Waals surface area (Å²) >= 11 is 1.67. The Bertz CT molecular complexity index is 296. The molecule has 0 amide bonds. The van der Waals surface area contributed by atoms with Crippen LogP contribution in [0.5, 0.6) is 0 Å². The van der Waals surface area contributed by atoms with Gasteiger partial charge in [-0.3, -0.25) is 4.90 Å². The number of thioether (sulfide) groups is 1. The normalized spacial score (nSPS) is 18.3. The van der Waals surface area contributed by atoms with Crippen LogP contribution in [0.1, 0.15) is 12.2 Å². The predicted octanol–water partition coefficient (Wildman–Crippen LogP) is 0.836. The number of rotatable bonds is 1. The van der Waals surface area contributed by atoms with Gasteiger partial charge < -0.3 is 4.57 Å². The van der Waals surface area contributed by atoms with E-state index in [1.807, 2.05) is 6.26 Å². The van der Waals surface area contributed by atoms with Gasteiger partial charge in [0.2, 0.25) is 0 Å². The van der Waals surface area contributed by atoms with Crippen LogP contribution in [0, 0.1) is 0 Å². The minimum Gasteiger partial charge on any atom is -0.305 e. The van der Waals surface area contributed by atoms with E-state index in [2.05, 4.69) is 26.7 Å². The van der Waals surface area contributed by atoms with Crippen molar-refractivity contribution in [2.45, 2.75) is 24.7 Å². The van der Waals surface area contributed by atoms with Gasteiger partial charge in [-0.2, -0.15) is 0 Å². The van der Waals surface area contributed by atoms with Crippen LogP contribution in [0.15, 0.2) is 5.16 Å². The third-order valence-electron chi connectivity index (χ3n) is 2.31. The molecule has 0 unspecified atom stereocenters. The summed E-state index contributed by atoms with van der Waals surface area (Å²) in [4.78, 5) is 2.29. The monoisotopic (exact) mass is 198 g/mol. The van der Waals surface area contributed by atoms with E-state index >= 15 is 0 Å². The van der Waals surface area contributed by atoms with E-state index in [-0.39, 0.29) is 0 Å². The van der Waals surface area contributed by atoms with Crippen molar-refractivity contribution in [1.82, 2.24) is 19.7 Å². The van der Waals surface area contributed by atoms with E-state index < -0.39 is 0 Å². The maximum atomic E-state index is 4.19. The van der Waals surface area contributed by atoms with Crippen molar-refractivity contribution in [3.63, 3.8) is 0 Å². The first-order valence-corrected chi connectivity index (χ1v) is 5.68. The Labute approximate surface area is 82.3 Å². The lowest BCUT2D eigenvalue weighted by molar-refractivity contribution is 0.328. The molecule has 2 rings (SSSR count). The van der Waals surface area contributed by atoms with Gasteiger partial charge >= 0.3 is 0 Å². The molecule has 1 aromatic rings. The van der Waals surface area contributed by atoms with Gasteiger partial charge in [0.15, 0.2) is 5.16 Å². The van der Waals surface area contributed by atoms with Crippen LogP contribution in [-0.2, 0) is 13.1 Å². The van der Waals surface area contributed by atoms with E-state index in [1.54, 1.807) is 11.8 Å². The molecule has 72 valence electrons. The zero-order chi connectivity index (χ0) is 9.26. The SMILES string of the molecule is CSc1nnc2n1CCCN(C)C2. The summed E-state index contributed by atoms with van der Waals surface area (Å²) in [6, 6.07) is 0. The highest BCUT2D eigenvalue weighted by molar-refractivity contribution is 7.98. The molecule has 1 aromatic heterocycles. The van der Waals surface area contributed by atoms with Crippen LogP contribution >= 0.6 is 11.8 Å². The van der Waals surface area contributed by atoms with Crippen molar-refractivity contribution in [1.29, 1.82) is 0 Å². The number of aromatic nitrogens is 3. The van der Waals surface area contributed by atoms with Gasteiger partial charge in [0.05, 0.1) is 6.54 Å². The van der Waals surface area contributed by atoms with Gasteiger partial charge in [-0.25, -0.2) is 0 Å². The highest BCUT2D eigenvalue weighted by atomic mass is 32.2. The largest absolute Gasteiger partial charge is 0.305 e. The minimum atomic E-state index is 0.924. The van der Waals surface area contributed by atoms with Gasteiger partial charge in [-0.1, -0.05) is 11.8 Å².